The molecule has 5 heteroatoms. The lowest BCUT2D eigenvalue weighted by atomic mass is 9.97. The number of hydrogen-bond acceptors (Lipinski definition) is 4. The Morgan fingerprint density at radius 2 is 1.90 bits per heavy atom. The molecule has 5 nitrogen and oxygen atoms in total. The van der Waals surface area contributed by atoms with E-state index < -0.39 is 5.60 Å². The molecular formula is C16H30N2O3. The number of amides is 1. The van der Waals surface area contributed by atoms with Gasteiger partial charge in [-0.15, -0.1) is 0 Å². The van der Waals surface area contributed by atoms with Gasteiger partial charge >= 0.3 is 6.09 Å². The standard InChI is InChI=1S/C16H30N2O3/c1-11(19)7-8-17-12-9-13-5-6-14(10-12)18(13)15(20)21-16(2,3)4/h11-14,17,19H,5-10H2,1-4H3/t11?,12?,13-,14+. The van der Waals surface area contributed by atoms with Gasteiger partial charge in [0.05, 0.1) is 6.10 Å². The normalized spacial score (nSPS) is 30.3. The second-order valence-electron chi connectivity index (χ2n) is 7.53. The Balaban J connectivity index is 1.86. The minimum atomic E-state index is -0.428. The van der Waals surface area contributed by atoms with E-state index in [0.29, 0.717) is 18.1 Å². The van der Waals surface area contributed by atoms with Crippen LogP contribution < -0.4 is 5.32 Å². The Morgan fingerprint density at radius 3 is 2.38 bits per heavy atom. The van der Waals surface area contributed by atoms with Gasteiger partial charge in [-0.3, -0.25) is 0 Å². The number of aliphatic hydroxyl groups excluding tert-OH is 1. The molecule has 2 fully saturated rings. The lowest BCUT2D eigenvalue weighted by Crippen LogP contribution is -2.52. The van der Waals surface area contributed by atoms with Gasteiger partial charge in [-0.1, -0.05) is 0 Å². The largest absolute Gasteiger partial charge is 0.444 e. The summed E-state index contributed by atoms with van der Waals surface area (Å²) in [5.41, 5.74) is -0.428. The van der Waals surface area contributed by atoms with Crippen LogP contribution in [0.3, 0.4) is 0 Å². The molecule has 2 saturated heterocycles. The van der Waals surface area contributed by atoms with Crippen molar-refractivity contribution >= 4 is 6.09 Å². The molecule has 1 amide bonds. The molecule has 2 N–H and O–H groups in total. The van der Waals surface area contributed by atoms with Crippen molar-refractivity contribution in [1.29, 1.82) is 0 Å². The van der Waals surface area contributed by atoms with Crippen molar-refractivity contribution < 1.29 is 14.6 Å². The number of nitrogens with one attached hydrogen (secondary N) is 1. The summed E-state index contributed by atoms with van der Waals surface area (Å²) < 4.78 is 5.54. The van der Waals surface area contributed by atoms with E-state index in [1.165, 1.54) is 0 Å². The summed E-state index contributed by atoms with van der Waals surface area (Å²) >= 11 is 0. The number of carbonyl (C=O) groups is 1. The highest BCUT2D eigenvalue weighted by Gasteiger charge is 2.44. The molecule has 0 saturated carbocycles. The van der Waals surface area contributed by atoms with Crippen LogP contribution in [0.4, 0.5) is 4.79 Å². The van der Waals surface area contributed by atoms with Crippen molar-refractivity contribution in [3.8, 4) is 0 Å². The minimum absolute atomic E-state index is 0.155. The smallest absolute Gasteiger partial charge is 0.410 e. The Kier molecular flexibility index (Phi) is 5.15. The molecule has 0 aromatic heterocycles. The van der Waals surface area contributed by atoms with E-state index >= 15 is 0 Å². The first kappa shape index (κ1) is 16.6. The minimum Gasteiger partial charge on any atom is -0.444 e. The third kappa shape index (κ3) is 4.58. The van der Waals surface area contributed by atoms with Gasteiger partial charge in [0.2, 0.25) is 0 Å². The molecule has 2 aliphatic heterocycles. The molecule has 0 spiro atoms. The van der Waals surface area contributed by atoms with Crippen molar-refractivity contribution in [3.05, 3.63) is 0 Å². The summed E-state index contributed by atoms with van der Waals surface area (Å²) in [5, 5.41) is 12.8. The summed E-state index contributed by atoms with van der Waals surface area (Å²) in [6, 6.07) is 1.07. The molecule has 2 rings (SSSR count). The van der Waals surface area contributed by atoms with E-state index in [1.807, 2.05) is 32.6 Å². The molecule has 2 heterocycles. The highest BCUT2D eigenvalue weighted by molar-refractivity contribution is 5.69. The average molecular weight is 298 g/mol. The van der Waals surface area contributed by atoms with Crippen LogP contribution in [-0.2, 0) is 4.74 Å². The van der Waals surface area contributed by atoms with E-state index in [0.717, 1.165) is 38.6 Å². The SMILES string of the molecule is CC(O)CCNC1C[C@H]2CC[C@@H](C1)N2C(=O)OC(C)(C)C. The van der Waals surface area contributed by atoms with E-state index in [1.54, 1.807) is 0 Å². The van der Waals surface area contributed by atoms with Crippen molar-refractivity contribution in [3.63, 3.8) is 0 Å². The second kappa shape index (κ2) is 6.53. The van der Waals surface area contributed by atoms with Gasteiger partial charge in [-0.05, 0) is 66.3 Å². The Labute approximate surface area is 128 Å². The van der Waals surface area contributed by atoms with Crippen molar-refractivity contribution in [1.82, 2.24) is 10.2 Å². The number of nitrogens with zero attached hydrogens (tertiary/aromatic N) is 1. The number of piperidine rings is 1. The molecule has 2 bridgehead atoms. The first-order chi connectivity index (χ1) is 9.76. The monoisotopic (exact) mass is 298 g/mol. The van der Waals surface area contributed by atoms with Crippen molar-refractivity contribution in [2.24, 2.45) is 0 Å². The van der Waals surface area contributed by atoms with Gasteiger partial charge in [0.1, 0.15) is 5.60 Å². The summed E-state index contributed by atoms with van der Waals surface area (Å²) in [6.45, 7) is 8.40. The van der Waals surface area contributed by atoms with Gasteiger partial charge in [0, 0.05) is 18.1 Å². The Hall–Kier alpha value is -0.810. The fraction of sp³-hybridized carbons (Fsp3) is 0.938. The number of hydrogen-bond donors (Lipinski definition) is 2. The molecule has 0 aromatic carbocycles. The van der Waals surface area contributed by atoms with Crippen LogP contribution in [0, 0.1) is 0 Å². The lowest BCUT2D eigenvalue weighted by Gasteiger charge is -2.39. The summed E-state index contributed by atoms with van der Waals surface area (Å²) in [5.74, 6) is 0. The van der Waals surface area contributed by atoms with E-state index in [4.69, 9.17) is 4.74 Å². The van der Waals surface area contributed by atoms with Gasteiger partial charge < -0.3 is 20.1 Å². The zero-order valence-electron chi connectivity index (χ0n) is 13.8. The van der Waals surface area contributed by atoms with Gasteiger partial charge in [-0.2, -0.15) is 0 Å². The number of rotatable bonds is 4. The number of fused-ring (bicyclic) bond motifs is 2. The Bertz CT molecular complexity index is 351. The van der Waals surface area contributed by atoms with Gasteiger partial charge in [-0.25, -0.2) is 4.79 Å². The van der Waals surface area contributed by atoms with Crippen LogP contribution >= 0.6 is 0 Å². The zero-order chi connectivity index (χ0) is 15.6. The first-order valence-corrected chi connectivity index (χ1v) is 8.19. The predicted octanol–water partition coefficient (Wildman–Crippen LogP) is 2.28. The van der Waals surface area contributed by atoms with Crippen LogP contribution in [0.1, 0.15) is 59.8 Å². The van der Waals surface area contributed by atoms with E-state index in [-0.39, 0.29) is 12.2 Å². The average Bonchev–Trinajstić information content (AvgIpc) is 2.59. The third-order valence-electron chi connectivity index (χ3n) is 4.33. The van der Waals surface area contributed by atoms with Crippen molar-refractivity contribution in [2.75, 3.05) is 6.54 Å². The van der Waals surface area contributed by atoms with E-state index in [2.05, 4.69) is 5.32 Å². The van der Waals surface area contributed by atoms with Crippen LogP contribution in [0.25, 0.3) is 0 Å². The second-order valence-corrected chi connectivity index (χ2v) is 7.53. The molecule has 4 atom stereocenters. The number of ether oxygens (including phenoxy) is 1. The van der Waals surface area contributed by atoms with E-state index in [9.17, 15) is 9.90 Å². The molecule has 2 unspecified atom stereocenters. The molecule has 0 aliphatic carbocycles. The summed E-state index contributed by atoms with van der Waals surface area (Å²) in [7, 11) is 0. The maximum Gasteiger partial charge on any atom is 0.410 e. The van der Waals surface area contributed by atoms with Crippen LogP contribution in [0.15, 0.2) is 0 Å². The maximum absolute atomic E-state index is 12.3. The third-order valence-corrected chi connectivity index (χ3v) is 4.33. The molecule has 122 valence electrons. The molecule has 2 aliphatic rings. The molecule has 0 aromatic rings. The highest BCUT2D eigenvalue weighted by atomic mass is 16.6. The van der Waals surface area contributed by atoms with Crippen LogP contribution in [0.2, 0.25) is 0 Å². The maximum atomic E-state index is 12.3. The number of carbonyl (C=O) groups excluding carboxylic acids is 1. The topological polar surface area (TPSA) is 61.8 Å². The lowest BCUT2D eigenvalue weighted by molar-refractivity contribution is 0.00468. The van der Waals surface area contributed by atoms with Crippen LogP contribution in [0.5, 0.6) is 0 Å². The Morgan fingerprint density at radius 1 is 1.33 bits per heavy atom. The van der Waals surface area contributed by atoms with Gasteiger partial charge in [0.25, 0.3) is 0 Å². The molecular weight excluding hydrogens is 268 g/mol. The summed E-state index contributed by atoms with van der Waals surface area (Å²) in [4.78, 5) is 14.3. The summed E-state index contributed by atoms with van der Waals surface area (Å²) in [6.07, 6.45) is 4.53. The van der Waals surface area contributed by atoms with Gasteiger partial charge in [0.15, 0.2) is 0 Å². The molecule has 21 heavy (non-hydrogen) atoms. The highest BCUT2D eigenvalue weighted by Crippen LogP contribution is 2.36. The fourth-order valence-electron chi connectivity index (χ4n) is 3.45. The number of aliphatic hydroxyl groups is 1. The van der Waals surface area contributed by atoms with Crippen molar-refractivity contribution in [2.45, 2.75) is 89.6 Å². The predicted molar refractivity (Wildman–Crippen MR) is 82.2 cm³/mol. The fourth-order valence-corrected chi connectivity index (χ4v) is 3.45. The quantitative estimate of drug-likeness (QED) is 0.836. The van der Waals surface area contributed by atoms with Crippen LogP contribution in [-0.4, -0.2) is 52.5 Å². The molecule has 0 radical (unpaired) electrons. The first-order valence-electron chi connectivity index (χ1n) is 8.19. The zero-order valence-corrected chi connectivity index (χ0v) is 13.8.